The highest BCUT2D eigenvalue weighted by Gasteiger charge is 2.03. The molecular formula is C27H47N3O5. The van der Waals surface area contributed by atoms with Crippen LogP contribution in [0.4, 0.5) is 9.59 Å². The SMILES string of the molecule is CCCCCCCCCCCCCCCNC(=O)OCCOCCOC(=O)NCc1ccccn1. The number of nitrogens with zero attached hydrogens (tertiary/aromatic N) is 1. The van der Waals surface area contributed by atoms with E-state index in [1.807, 2.05) is 18.2 Å². The molecule has 1 rings (SSSR count). The van der Waals surface area contributed by atoms with E-state index in [4.69, 9.17) is 14.2 Å². The van der Waals surface area contributed by atoms with Crippen LogP contribution in [0, 0.1) is 0 Å². The third-order valence-corrected chi connectivity index (χ3v) is 5.61. The van der Waals surface area contributed by atoms with Gasteiger partial charge < -0.3 is 24.8 Å². The van der Waals surface area contributed by atoms with Crippen LogP contribution >= 0.6 is 0 Å². The number of hydrogen-bond donors (Lipinski definition) is 2. The third kappa shape index (κ3) is 20.7. The van der Waals surface area contributed by atoms with Crippen molar-refractivity contribution in [1.29, 1.82) is 0 Å². The van der Waals surface area contributed by atoms with Crippen LogP contribution in [0.15, 0.2) is 24.4 Å². The van der Waals surface area contributed by atoms with Gasteiger partial charge in [-0.3, -0.25) is 4.98 Å². The van der Waals surface area contributed by atoms with Crippen molar-refractivity contribution in [2.45, 2.75) is 96.9 Å². The molecule has 0 saturated carbocycles. The van der Waals surface area contributed by atoms with Crippen molar-refractivity contribution in [2.24, 2.45) is 0 Å². The zero-order valence-corrected chi connectivity index (χ0v) is 21.7. The molecule has 1 aromatic rings. The van der Waals surface area contributed by atoms with Gasteiger partial charge in [-0.25, -0.2) is 9.59 Å². The maximum Gasteiger partial charge on any atom is 0.407 e. The molecule has 200 valence electrons. The number of nitrogens with one attached hydrogen (secondary N) is 2. The minimum Gasteiger partial charge on any atom is -0.447 e. The molecule has 8 nitrogen and oxygen atoms in total. The lowest BCUT2D eigenvalue weighted by molar-refractivity contribution is 0.0456. The Balaban J connectivity index is 1.77. The second-order valence-electron chi connectivity index (χ2n) is 8.73. The van der Waals surface area contributed by atoms with Crippen LogP contribution in [0.25, 0.3) is 0 Å². The average Bonchev–Trinajstić information content (AvgIpc) is 2.87. The predicted molar refractivity (Wildman–Crippen MR) is 138 cm³/mol. The number of unbranched alkanes of at least 4 members (excludes halogenated alkanes) is 12. The monoisotopic (exact) mass is 493 g/mol. The van der Waals surface area contributed by atoms with E-state index in [9.17, 15) is 9.59 Å². The number of ether oxygens (including phenoxy) is 3. The van der Waals surface area contributed by atoms with E-state index in [1.165, 1.54) is 70.6 Å². The van der Waals surface area contributed by atoms with E-state index in [-0.39, 0.29) is 26.4 Å². The summed E-state index contributed by atoms with van der Waals surface area (Å²) in [6.45, 7) is 3.99. The van der Waals surface area contributed by atoms with Gasteiger partial charge in [-0.15, -0.1) is 0 Å². The molecule has 0 spiro atoms. The number of hydrogen-bond acceptors (Lipinski definition) is 6. The second-order valence-corrected chi connectivity index (χ2v) is 8.73. The fraction of sp³-hybridized carbons (Fsp3) is 0.741. The van der Waals surface area contributed by atoms with E-state index in [1.54, 1.807) is 6.20 Å². The number of rotatable bonds is 22. The summed E-state index contributed by atoms with van der Waals surface area (Å²) in [6.07, 6.45) is 17.7. The summed E-state index contributed by atoms with van der Waals surface area (Å²) in [6, 6.07) is 5.48. The maximum absolute atomic E-state index is 11.7. The van der Waals surface area contributed by atoms with Gasteiger partial charge in [-0.1, -0.05) is 90.0 Å². The lowest BCUT2D eigenvalue weighted by atomic mass is 10.0. The molecule has 0 aromatic carbocycles. The molecule has 0 fully saturated rings. The quantitative estimate of drug-likeness (QED) is 0.188. The molecule has 2 N–H and O–H groups in total. The largest absolute Gasteiger partial charge is 0.447 e. The van der Waals surface area contributed by atoms with Crippen LogP contribution in [-0.2, 0) is 20.8 Å². The first-order valence-corrected chi connectivity index (χ1v) is 13.5. The standard InChI is InChI=1S/C27H47N3O5/c1-2-3-4-5-6-7-8-9-10-11-12-13-15-19-29-26(31)34-22-20-33-21-23-35-27(32)30-24-25-17-14-16-18-28-25/h14,16-18H,2-13,15,19-24H2,1H3,(H,29,31)(H,30,32). The molecule has 35 heavy (non-hydrogen) atoms. The Morgan fingerprint density at radius 2 is 1.26 bits per heavy atom. The summed E-state index contributed by atoms with van der Waals surface area (Å²) in [7, 11) is 0. The molecule has 0 unspecified atom stereocenters. The van der Waals surface area contributed by atoms with Gasteiger partial charge in [0, 0.05) is 12.7 Å². The fourth-order valence-corrected chi connectivity index (χ4v) is 3.59. The van der Waals surface area contributed by atoms with Crippen LogP contribution in [0.2, 0.25) is 0 Å². The summed E-state index contributed by atoms with van der Waals surface area (Å²) in [5, 5.41) is 5.38. The highest BCUT2D eigenvalue weighted by molar-refractivity contribution is 5.67. The van der Waals surface area contributed by atoms with Gasteiger partial charge in [-0.2, -0.15) is 0 Å². The van der Waals surface area contributed by atoms with E-state index >= 15 is 0 Å². The minimum atomic E-state index is -0.525. The summed E-state index contributed by atoms with van der Waals surface area (Å²) in [5.74, 6) is 0. The summed E-state index contributed by atoms with van der Waals surface area (Å²) in [5.41, 5.74) is 0.755. The number of carbonyl (C=O) groups is 2. The Morgan fingerprint density at radius 3 is 1.80 bits per heavy atom. The third-order valence-electron chi connectivity index (χ3n) is 5.61. The molecule has 0 atom stereocenters. The minimum absolute atomic E-state index is 0.124. The number of carbonyl (C=O) groups excluding carboxylic acids is 2. The molecular weight excluding hydrogens is 446 g/mol. The Bertz CT molecular complexity index is 631. The first-order valence-electron chi connectivity index (χ1n) is 13.5. The summed E-state index contributed by atoms with van der Waals surface area (Å²) < 4.78 is 15.4. The maximum atomic E-state index is 11.7. The number of amides is 2. The van der Waals surface area contributed by atoms with Crippen molar-refractivity contribution in [2.75, 3.05) is 33.0 Å². The van der Waals surface area contributed by atoms with Crippen molar-refractivity contribution in [3.63, 3.8) is 0 Å². The molecule has 0 bridgehead atoms. The number of aromatic nitrogens is 1. The van der Waals surface area contributed by atoms with Gasteiger partial charge in [0.2, 0.25) is 0 Å². The van der Waals surface area contributed by atoms with Crippen LogP contribution in [0.1, 0.15) is 96.1 Å². The second kappa shape index (κ2) is 23.4. The van der Waals surface area contributed by atoms with Crippen molar-refractivity contribution in [1.82, 2.24) is 15.6 Å². The first kappa shape index (κ1) is 30.7. The first-order chi connectivity index (χ1) is 17.2. The zero-order valence-electron chi connectivity index (χ0n) is 21.7. The molecule has 0 saturated heterocycles. The predicted octanol–water partition coefficient (Wildman–Crippen LogP) is 6.14. The Morgan fingerprint density at radius 1 is 0.714 bits per heavy atom. The fourth-order valence-electron chi connectivity index (χ4n) is 3.59. The molecule has 0 aliphatic rings. The lowest BCUT2D eigenvalue weighted by Gasteiger charge is -2.09. The molecule has 0 aliphatic carbocycles. The highest BCUT2D eigenvalue weighted by atomic mass is 16.6. The van der Waals surface area contributed by atoms with Crippen molar-refractivity contribution >= 4 is 12.2 Å². The Kier molecular flexibility index (Phi) is 20.5. The van der Waals surface area contributed by atoms with Gasteiger partial charge in [0.15, 0.2) is 0 Å². The molecule has 0 aliphatic heterocycles. The zero-order chi connectivity index (χ0) is 25.2. The topological polar surface area (TPSA) is 98.8 Å². The van der Waals surface area contributed by atoms with Crippen LogP contribution in [-0.4, -0.2) is 50.1 Å². The van der Waals surface area contributed by atoms with Gasteiger partial charge >= 0.3 is 12.2 Å². The molecule has 1 heterocycles. The highest BCUT2D eigenvalue weighted by Crippen LogP contribution is 2.12. The van der Waals surface area contributed by atoms with E-state index in [2.05, 4.69) is 22.5 Å². The van der Waals surface area contributed by atoms with Crippen molar-refractivity contribution in [3.05, 3.63) is 30.1 Å². The van der Waals surface area contributed by atoms with Gasteiger partial charge in [0.05, 0.1) is 25.5 Å². The molecule has 8 heteroatoms. The Hall–Kier alpha value is -2.35. The lowest BCUT2D eigenvalue weighted by Crippen LogP contribution is -2.27. The normalized spacial score (nSPS) is 10.7. The van der Waals surface area contributed by atoms with E-state index in [0.717, 1.165) is 18.5 Å². The number of pyridine rings is 1. The smallest absolute Gasteiger partial charge is 0.407 e. The van der Waals surface area contributed by atoms with Crippen molar-refractivity contribution < 1.29 is 23.8 Å². The summed E-state index contributed by atoms with van der Waals surface area (Å²) >= 11 is 0. The van der Waals surface area contributed by atoms with Gasteiger partial charge in [-0.05, 0) is 18.6 Å². The van der Waals surface area contributed by atoms with E-state index in [0.29, 0.717) is 13.1 Å². The molecule has 1 aromatic heterocycles. The summed E-state index contributed by atoms with van der Waals surface area (Å²) in [4.78, 5) is 27.3. The van der Waals surface area contributed by atoms with Gasteiger partial charge in [0.25, 0.3) is 0 Å². The van der Waals surface area contributed by atoms with Crippen molar-refractivity contribution in [3.8, 4) is 0 Å². The van der Waals surface area contributed by atoms with Crippen LogP contribution in [0.3, 0.4) is 0 Å². The van der Waals surface area contributed by atoms with Crippen LogP contribution in [0.5, 0.6) is 0 Å². The Labute approximate surface area is 211 Å². The van der Waals surface area contributed by atoms with Gasteiger partial charge in [0.1, 0.15) is 13.2 Å². The molecule has 2 amide bonds. The molecule has 0 radical (unpaired) electrons. The average molecular weight is 494 g/mol. The number of alkyl carbamates (subject to hydrolysis) is 2. The van der Waals surface area contributed by atoms with Crippen LogP contribution < -0.4 is 10.6 Å². The van der Waals surface area contributed by atoms with E-state index < -0.39 is 12.2 Å².